The Balaban J connectivity index is 1.50. The molecular formula is C21H17ClN4O3S2. The van der Waals surface area contributed by atoms with Crippen LogP contribution < -0.4 is 4.72 Å². The zero-order valence-corrected chi connectivity index (χ0v) is 18.5. The van der Waals surface area contributed by atoms with Crippen molar-refractivity contribution in [3.05, 3.63) is 70.3 Å². The standard InChI is InChI=1S/C21H17ClN4O3S2/c22-17-9-16(11-24-12-17)18-5-7-30-21(18)31(28,29)25-19-4-6-26(20(19)27)13-15-3-1-2-14(8-15)10-23/h1-3,5,7-9,11-12,19,25H,4,6,13H2/t19-/m0/s1. The van der Waals surface area contributed by atoms with Gasteiger partial charge in [-0.15, -0.1) is 11.3 Å². The summed E-state index contributed by atoms with van der Waals surface area (Å²) in [5, 5.41) is 11.1. The molecule has 2 aromatic heterocycles. The van der Waals surface area contributed by atoms with Crippen molar-refractivity contribution >= 4 is 38.9 Å². The number of carbonyl (C=O) groups is 1. The van der Waals surface area contributed by atoms with Crippen molar-refractivity contribution in [1.82, 2.24) is 14.6 Å². The Labute approximate surface area is 189 Å². The van der Waals surface area contributed by atoms with Crippen LogP contribution in [0, 0.1) is 11.3 Å². The van der Waals surface area contributed by atoms with Crippen molar-refractivity contribution in [2.75, 3.05) is 6.54 Å². The van der Waals surface area contributed by atoms with Crippen LogP contribution in [0.25, 0.3) is 11.1 Å². The highest BCUT2D eigenvalue weighted by atomic mass is 35.5. The largest absolute Gasteiger partial charge is 0.337 e. The van der Waals surface area contributed by atoms with E-state index in [9.17, 15) is 13.2 Å². The van der Waals surface area contributed by atoms with Crippen LogP contribution in [-0.4, -0.2) is 36.8 Å². The average molecular weight is 473 g/mol. The minimum absolute atomic E-state index is 0.115. The number of nitrogens with one attached hydrogen (secondary N) is 1. The number of amides is 1. The second-order valence-electron chi connectivity index (χ2n) is 7.05. The number of nitrogens with zero attached hydrogens (tertiary/aromatic N) is 3. The van der Waals surface area contributed by atoms with Gasteiger partial charge in [0.05, 0.1) is 16.7 Å². The number of halogens is 1. The minimum atomic E-state index is -3.92. The SMILES string of the molecule is N#Cc1cccc(CN2CC[C@H](NS(=O)(=O)c3sccc3-c3cncc(Cl)c3)C2=O)c1. The second-order valence-corrected chi connectivity index (χ2v) is 10.3. The molecule has 0 radical (unpaired) electrons. The zero-order chi connectivity index (χ0) is 22.0. The molecule has 7 nitrogen and oxygen atoms in total. The minimum Gasteiger partial charge on any atom is -0.337 e. The molecular weight excluding hydrogens is 456 g/mol. The van der Waals surface area contributed by atoms with Crippen molar-refractivity contribution in [3.63, 3.8) is 0 Å². The number of thiophene rings is 1. The number of nitriles is 1. The molecule has 0 aliphatic carbocycles. The predicted molar refractivity (Wildman–Crippen MR) is 118 cm³/mol. The molecule has 3 heterocycles. The molecule has 158 valence electrons. The molecule has 1 amide bonds. The molecule has 1 aliphatic heterocycles. The van der Waals surface area contributed by atoms with E-state index in [1.54, 1.807) is 46.8 Å². The fourth-order valence-corrected chi connectivity index (χ4v) is 6.29. The van der Waals surface area contributed by atoms with Crippen molar-refractivity contribution in [1.29, 1.82) is 5.26 Å². The van der Waals surface area contributed by atoms with Crippen LogP contribution in [0.1, 0.15) is 17.5 Å². The number of likely N-dealkylation sites (tertiary alicyclic amines) is 1. The highest BCUT2D eigenvalue weighted by Crippen LogP contribution is 2.33. The maximum absolute atomic E-state index is 13.1. The number of aromatic nitrogens is 1. The molecule has 1 N–H and O–H groups in total. The Morgan fingerprint density at radius 1 is 1.29 bits per heavy atom. The van der Waals surface area contributed by atoms with Gasteiger partial charge in [-0.25, -0.2) is 8.42 Å². The van der Waals surface area contributed by atoms with Gasteiger partial charge < -0.3 is 4.90 Å². The second kappa shape index (κ2) is 8.77. The van der Waals surface area contributed by atoms with Crippen LogP contribution in [0.15, 0.2) is 58.4 Å². The Hall–Kier alpha value is -2.77. The van der Waals surface area contributed by atoms with Crippen molar-refractivity contribution < 1.29 is 13.2 Å². The highest BCUT2D eigenvalue weighted by molar-refractivity contribution is 7.91. The molecule has 0 saturated carbocycles. The summed E-state index contributed by atoms with van der Waals surface area (Å²) in [6.07, 6.45) is 3.39. The fourth-order valence-electron chi connectivity index (χ4n) is 3.48. The van der Waals surface area contributed by atoms with Crippen molar-refractivity contribution in [2.24, 2.45) is 0 Å². The highest BCUT2D eigenvalue weighted by Gasteiger charge is 2.36. The summed E-state index contributed by atoms with van der Waals surface area (Å²) in [6, 6.07) is 11.6. The lowest BCUT2D eigenvalue weighted by atomic mass is 10.1. The van der Waals surface area contributed by atoms with Gasteiger partial charge in [-0.1, -0.05) is 23.7 Å². The Kier molecular flexibility index (Phi) is 6.07. The van der Waals surface area contributed by atoms with Gasteiger partial charge in [-0.05, 0) is 41.6 Å². The summed E-state index contributed by atoms with van der Waals surface area (Å²) in [4.78, 5) is 18.4. The van der Waals surface area contributed by atoms with Gasteiger partial charge >= 0.3 is 0 Å². The Bertz CT molecular complexity index is 1280. The topological polar surface area (TPSA) is 103 Å². The number of pyridine rings is 1. The summed E-state index contributed by atoms with van der Waals surface area (Å²) in [5.74, 6) is -0.284. The van der Waals surface area contributed by atoms with E-state index in [2.05, 4.69) is 15.8 Å². The molecule has 1 aliphatic rings. The van der Waals surface area contributed by atoms with Crippen molar-refractivity contribution in [3.8, 4) is 17.2 Å². The molecule has 31 heavy (non-hydrogen) atoms. The van der Waals surface area contributed by atoms with Crippen molar-refractivity contribution in [2.45, 2.75) is 23.2 Å². The molecule has 3 aromatic rings. The van der Waals surface area contributed by atoms with E-state index in [0.717, 1.165) is 16.9 Å². The number of benzene rings is 1. The van der Waals surface area contributed by atoms with Crippen LogP contribution in [0.5, 0.6) is 0 Å². The summed E-state index contributed by atoms with van der Waals surface area (Å²) in [5.41, 5.74) is 2.42. The van der Waals surface area contributed by atoms with E-state index in [1.807, 2.05) is 6.07 Å². The van der Waals surface area contributed by atoms with E-state index in [4.69, 9.17) is 16.9 Å². The van der Waals surface area contributed by atoms with E-state index in [0.29, 0.717) is 41.2 Å². The molecule has 1 fully saturated rings. The normalized spacial score (nSPS) is 16.5. The Morgan fingerprint density at radius 3 is 2.90 bits per heavy atom. The van der Waals surface area contributed by atoms with Crippen LogP contribution in [0.4, 0.5) is 0 Å². The number of sulfonamides is 1. The third kappa shape index (κ3) is 4.62. The molecule has 4 rings (SSSR count). The summed E-state index contributed by atoms with van der Waals surface area (Å²) in [7, 11) is -3.92. The molecule has 0 spiro atoms. The van der Waals surface area contributed by atoms with Crippen LogP contribution in [-0.2, 0) is 21.4 Å². The first-order chi connectivity index (χ1) is 14.9. The van der Waals surface area contributed by atoms with Gasteiger partial charge in [0.1, 0.15) is 10.3 Å². The molecule has 0 bridgehead atoms. The van der Waals surface area contributed by atoms with Crippen LogP contribution in [0.2, 0.25) is 5.02 Å². The maximum Gasteiger partial charge on any atom is 0.251 e. The van der Waals surface area contributed by atoms with E-state index >= 15 is 0 Å². The lowest BCUT2D eigenvalue weighted by molar-refractivity contribution is -0.129. The van der Waals surface area contributed by atoms with E-state index in [1.165, 1.54) is 6.20 Å². The Morgan fingerprint density at radius 2 is 2.13 bits per heavy atom. The quantitative estimate of drug-likeness (QED) is 0.592. The van der Waals surface area contributed by atoms with E-state index in [-0.39, 0.29) is 10.1 Å². The number of rotatable bonds is 6. The van der Waals surface area contributed by atoms with Crippen LogP contribution >= 0.6 is 22.9 Å². The lowest BCUT2D eigenvalue weighted by Gasteiger charge is -2.17. The fraction of sp³-hybridized carbons (Fsp3) is 0.190. The lowest BCUT2D eigenvalue weighted by Crippen LogP contribution is -2.41. The smallest absolute Gasteiger partial charge is 0.251 e. The predicted octanol–water partition coefficient (Wildman–Crippen LogP) is 3.41. The van der Waals surface area contributed by atoms with Gasteiger partial charge in [0.2, 0.25) is 5.91 Å². The summed E-state index contributed by atoms with van der Waals surface area (Å²) >= 11 is 7.07. The molecule has 10 heteroatoms. The zero-order valence-electron chi connectivity index (χ0n) is 16.2. The molecule has 0 unspecified atom stereocenters. The average Bonchev–Trinajstić information content (AvgIpc) is 3.37. The first-order valence-corrected chi connectivity index (χ1v) is 12.1. The first-order valence-electron chi connectivity index (χ1n) is 9.36. The number of hydrogen-bond acceptors (Lipinski definition) is 6. The third-order valence-corrected chi connectivity index (χ3v) is 8.08. The molecule has 1 aromatic carbocycles. The van der Waals surface area contributed by atoms with Gasteiger partial charge in [0.15, 0.2) is 0 Å². The monoisotopic (exact) mass is 472 g/mol. The molecule has 1 saturated heterocycles. The summed E-state index contributed by atoms with van der Waals surface area (Å²) < 4.78 is 28.8. The molecule has 1 atom stereocenters. The van der Waals surface area contributed by atoms with E-state index < -0.39 is 16.1 Å². The van der Waals surface area contributed by atoms with Gasteiger partial charge in [-0.2, -0.15) is 9.98 Å². The van der Waals surface area contributed by atoms with Gasteiger partial charge in [-0.3, -0.25) is 9.78 Å². The number of hydrogen-bond donors (Lipinski definition) is 1. The third-order valence-electron chi connectivity index (χ3n) is 4.91. The number of carbonyl (C=O) groups excluding carboxylic acids is 1. The van der Waals surface area contributed by atoms with Gasteiger partial charge in [0.25, 0.3) is 10.0 Å². The maximum atomic E-state index is 13.1. The van der Waals surface area contributed by atoms with Gasteiger partial charge in [0, 0.05) is 36.6 Å². The van der Waals surface area contributed by atoms with Crippen LogP contribution in [0.3, 0.4) is 0 Å². The first kappa shape index (κ1) is 21.5. The summed E-state index contributed by atoms with van der Waals surface area (Å²) in [6.45, 7) is 0.753.